The van der Waals surface area contributed by atoms with Crippen molar-refractivity contribution >= 4 is 27.3 Å². The molecule has 0 amide bonds. The second-order valence-electron chi connectivity index (χ2n) is 7.09. The lowest BCUT2D eigenvalue weighted by Crippen LogP contribution is -2.25. The van der Waals surface area contributed by atoms with Crippen LogP contribution in [0.1, 0.15) is 17.7 Å². The van der Waals surface area contributed by atoms with Crippen molar-refractivity contribution in [1.29, 1.82) is 0 Å². The van der Waals surface area contributed by atoms with Gasteiger partial charge < -0.3 is 0 Å². The maximum Gasteiger partial charge on any atom is 0.240 e. The minimum atomic E-state index is -3.56. The van der Waals surface area contributed by atoms with Crippen molar-refractivity contribution in [2.45, 2.75) is 24.7 Å². The first-order valence-electron chi connectivity index (χ1n) is 9.57. The van der Waals surface area contributed by atoms with E-state index in [-0.39, 0.29) is 4.90 Å². The Balaban J connectivity index is 1.35. The Morgan fingerprint density at radius 1 is 1.07 bits per heavy atom. The van der Waals surface area contributed by atoms with Gasteiger partial charge in [-0.1, -0.05) is 35.9 Å². The van der Waals surface area contributed by atoms with Crippen LogP contribution < -0.4 is 4.72 Å². The molecule has 0 fully saturated rings. The smallest absolute Gasteiger partial charge is 0.237 e. The summed E-state index contributed by atoms with van der Waals surface area (Å²) in [7, 11) is -3.56. The van der Waals surface area contributed by atoms with Gasteiger partial charge in [-0.15, -0.1) is 0 Å². The molecule has 1 N–H and O–H groups in total. The van der Waals surface area contributed by atoms with Crippen molar-refractivity contribution in [1.82, 2.24) is 19.3 Å². The van der Waals surface area contributed by atoms with Crippen LogP contribution in [-0.4, -0.2) is 29.6 Å². The van der Waals surface area contributed by atoms with Gasteiger partial charge in [0.25, 0.3) is 0 Å². The summed E-state index contributed by atoms with van der Waals surface area (Å²) in [5, 5.41) is 4.99. The number of aryl methyl sites for hydroxylation is 2. The highest BCUT2D eigenvalue weighted by atomic mass is 35.5. The number of aromatic nitrogens is 3. The van der Waals surface area contributed by atoms with E-state index < -0.39 is 10.0 Å². The molecule has 0 aliphatic carbocycles. The molecule has 0 saturated heterocycles. The number of sulfonamides is 1. The third kappa shape index (κ3) is 4.70. The summed E-state index contributed by atoms with van der Waals surface area (Å²) in [4.78, 5) is 4.61. The Bertz CT molecular complexity index is 1280. The van der Waals surface area contributed by atoms with Crippen LogP contribution in [0.4, 0.5) is 0 Å². The number of hydrogen-bond donors (Lipinski definition) is 1. The predicted molar refractivity (Wildman–Crippen MR) is 118 cm³/mol. The number of fused-ring (bicyclic) bond motifs is 1. The molecular weight excluding hydrogens is 420 g/mol. The van der Waals surface area contributed by atoms with Gasteiger partial charge in [0.2, 0.25) is 10.0 Å². The summed E-state index contributed by atoms with van der Waals surface area (Å²) in [5.74, 6) is 0. The molecule has 0 bridgehead atoms. The normalized spacial score (nSPS) is 11.8. The van der Waals surface area contributed by atoms with E-state index in [1.165, 1.54) is 0 Å². The number of nitrogens with zero attached hydrogens (tertiary/aromatic N) is 3. The number of nitrogens with one attached hydrogen (secondary N) is 1. The highest BCUT2D eigenvalue weighted by molar-refractivity contribution is 7.89. The zero-order valence-corrected chi connectivity index (χ0v) is 18.0. The standard InChI is InChI=1S/C22H21ClN4O2S/c1-16-12-22-24-14-17(15-27(22)26-16)4-3-11-25-30(28,29)21-9-7-18(8-10-21)19-5-2-6-20(23)13-19/h2,5-10,12-15,25H,3-4,11H2,1H3. The van der Waals surface area contributed by atoms with Crippen LogP contribution in [-0.2, 0) is 16.4 Å². The van der Waals surface area contributed by atoms with Crippen molar-refractivity contribution in [3.05, 3.63) is 83.3 Å². The summed E-state index contributed by atoms with van der Waals surface area (Å²) in [6, 6.07) is 16.1. The lowest BCUT2D eigenvalue weighted by Gasteiger charge is -2.08. The number of halogens is 1. The van der Waals surface area contributed by atoms with Gasteiger partial charge in [-0.3, -0.25) is 0 Å². The van der Waals surface area contributed by atoms with Gasteiger partial charge in [-0.2, -0.15) is 5.10 Å². The fraction of sp³-hybridized carbons (Fsp3) is 0.182. The van der Waals surface area contributed by atoms with Crippen molar-refractivity contribution in [2.75, 3.05) is 6.54 Å². The molecule has 2 aromatic carbocycles. The summed E-state index contributed by atoms with van der Waals surface area (Å²) in [6.45, 7) is 2.26. The fourth-order valence-corrected chi connectivity index (χ4v) is 4.50. The molecule has 2 heterocycles. The molecule has 0 aliphatic heterocycles. The van der Waals surface area contributed by atoms with Gasteiger partial charge in [-0.25, -0.2) is 22.6 Å². The largest absolute Gasteiger partial charge is 0.240 e. The summed E-state index contributed by atoms with van der Waals surface area (Å²) in [5.41, 5.74) is 4.58. The fourth-order valence-electron chi connectivity index (χ4n) is 3.24. The number of rotatable bonds is 7. The van der Waals surface area contributed by atoms with Gasteiger partial charge in [0.15, 0.2) is 5.65 Å². The highest BCUT2D eigenvalue weighted by Gasteiger charge is 2.13. The Labute approximate surface area is 180 Å². The minimum absolute atomic E-state index is 0.239. The van der Waals surface area contributed by atoms with Gasteiger partial charge in [0, 0.05) is 30.0 Å². The quantitative estimate of drug-likeness (QED) is 0.435. The van der Waals surface area contributed by atoms with Crippen molar-refractivity contribution in [2.24, 2.45) is 0 Å². The van der Waals surface area contributed by atoms with E-state index in [1.807, 2.05) is 37.4 Å². The minimum Gasteiger partial charge on any atom is -0.237 e. The van der Waals surface area contributed by atoms with Crippen LogP contribution in [0.2, 0.25) is 5.02 Å². The molecule has 0 unspecified atom stereocenters. The summed E-state index contributed by atoms with van der Waals surface area (Å²) < 4.78 is 29.5. The van der Waals surface area contributed by atoms with E-state index in [1.54, 1.807) is 41.0 Å². The van der Waals surface area contributed by atoms with Crippen molar-refractivity contribution in [3.63, 3.8) is 0 Å². The molecule has 6 nitrogen and oxygen atoms in total. The Kier molecular flexibility index (Phi) is 5.85. The van der Waals surface area contributed by atoms with E-state index in [9.17, 15) is 8.42 Å². The van der Waals surface area contributed by atoms with E-state index in [2.05, 4.69) is 14.8 Å². The molecule has 0 atom stereocenters. The lowest BCUT2D eigenvalue weighted by atomic mass is 10.1. The lowest BCUT2D eigenvalue weighted by molar-refractivity contribution is 0.579. The first-order chi connectivity index (χ1) is 14.4. The molecule has 8 heteroatoms. The molecule has 154 valence electrons. The molecular formula is C22H21ClN4O2S. The third-order valence-corrected chi connectivity index (χ3v) is 6.46. The van der Waals surface area contributed by atoms with Crippen molar-refractivity contribution in [3.8, 4) is 11.1 Å². The van der Waals surface area contributed by atoms with E-state index in [4.69, 9.17) is 11.6 Å². The van der Waals surface area contributed by atoms with Gasteiger partial charge in [0.1, 0.15) is 0 Å². The van der Waals surface area contributed by atoms with Gasteiger partial charge in [0.05, 0.1) is 10.6 Å². The van der Waals surface area contributed by atoms with Gasteiger partial charge in [-0.05, 0) is 60.7 Å². The van der Waals surface area contributed by atoms with Gasteiger partial charge >= 0.3 is 0 Å². The molecule has 2 aromatic heterocycles. The first-order valence-corrected chi connectivity index (χ1v) is 11.4. The van der Waals surface area contributed by atoms with E-state index >= 15 is 0 Å². The zero-order valence-electron chi connectivity index (χ0n) is 16.4. The molecule has 0 spiro atoms. The maximum absolute atomic E-state index is 12.6. The Morgan fingerprint density at radius 3 is 2.63 bits per heavy atom. The predicted octanol–water partition coefficient (Wildman–Crippen LogP) is 4.27. The van der Waals surface area contributed by atoms with E-state index in [0.717, 1.165) is 28.0 Å². The SMILES string of the molecule is Cc1cc2ncc(CCCNS(=O)(=O)c3ccc(-c4cccc(Cl)c4)cc3)cn2n1. The Morgan fingerprint density at radius 2 is 1.87 bits per heavy atom. The molecule has 0 saturated carbocycles. The third-order valence-electron chi connectivity index (χ3n) is 4.75. The second kappa shape index (κ2) is 8.55. The second-order valence-corrected chi connectivity index (χ2v) is 9.29. The summed E-state index contributed by atoms with van der Waals surface area (Å²) >= 11 is 6.03. The molecule has 4 rings (SSSR count). The van der Waals surface area contributed by atoms with Crippen LogP contribution >= 0.6 is 11.6 Å². The molecule has 30 heavy (non-hydrogen) atoms. The first kappa shape index (κ1) is 20.5. The maximum atomic E-state index is 12.6. The topological polar surface area (TPSA) is 76.4 Å². The monoisotopic (exact) mass is 440 g/mol. The van der Waals surface area contributed by atoms with Crippen LogP contribution in [0.15, 0.2) is 71.9 Å². The van der Waals surface area contributed by atoms with E-state index in [0.29, 0.717) is 24.4 Å². The zero-order chi connectivity index (χ0) is 21.1. The number of hydrogen-bond acceptors (Lipinski definition) is 4. The molecule has 4 aromatic rings. The Hall–Kier alpha value is -2.74. The average molecular weight is 441 g/mol. The van der Waals surface area contributed by atoms with Crippen LogP contribution in [0.25, 0.3) is 16.8 Å². The average Bonchev–Trinajstić information content (AvgIpc) is 3.10. The molecule has 0 radical (unpaired) electrons. The summed E-state index contributed by atoms with van der Waals surface area (Å²) in [6.07, 6.45) is 5.10. The van der Waals surface area contributed by atoms with Crippen LogP contribution in [0, 0.1) is 6.92 Å². The number of benzene rings is 2. The molecule has 0 aliphatic rings. The highest BCUT2D eigenvalue weighted by Crippen LogP contribution is 2.24. The van der Waals surface area contributed by atoms with Crippen molar-refractivity contribution < 1.29 is 8.42 Å². The van der Waals surface area contributed by atoms with Crippen LogP contribution in [0.5, 0.6) is 0 Å². The van der Waals surface area contributed by atoms with Crippen LogP contribution in [0.3, 0.4) is 0 Å².